The number of hydrogen-bond acceptors (Lipinski definition) is 2. The van der Waals surface area contributed by atoms with Gasteiger partial charge in [-0.25, -0.2) is 4.98 Å². The summed E-state index contributed by atoms with van der Waals surface area (Å²) in [7, 11) is 0. The number of para-hydroxylation sites is 2. The van der Waals surface area contributed by atoms with E-state index in [1.165, 1.54) is 0 Å². The van der Waals surface area contributed by atoms with Crippen LogP contribution in [0.3, 0.4) is 0 Å². The lowest BCUT2D eigenvalue weighted by atomic mass is 10.1. The van der Waals surface area contributed by atoms with E-state index in [4.69, 9.17) is 11.4 Å². The van der Waals surface area contributed by atoms with E-state index in [1.54, 1.807) is 0 Å². The summed E-state index contributed by atoms with van der Waals surface area (Å²) in [6.45, 7) is 5.19. The lowest BCUT2D eigenvalue weighted by molar-refractivity contribution is -0.117. The maximum atomic E-state index is 12.8. The second-order valence-corrected chi connectivity index (χ2v) is 6.94. The maximum Gasteiger partial charge on any atom is 0.227 e. The predicted molar refractivity (Wildman–Crippen MR) is 104 cm³/mol. The zero-order valence-electron chi connectivity index (χ0n) is 15.1. The van der Waals surface area contributed by atoms with Crippen LogP contribution in [0.2, 0.25) is 0 Å². The maximum absolute atomic E-state index is 12.8. The lowest BCUT2D eigenvalue weighted by Gasteiger charge is -2.20. The Morgan fingerprint density at radius 3 is 2.85 bits per heavy atom. The molecule has 4 heteroatoms. The van der Waals surface area contributed by atoms with Crippen LogP contribution in [0.1, 0.15) is 29.3 Å². The molecule has 0 saturated carbocycles. The molecular formula is C22H21N3O. The summed E-state index contributed by atoms with van der Waals surface area (Å²) in [6.07, 6.45) is 6.04. The van der Waals surface area contributed by atoms with E-state index >= 15 is 0 Å². The smallest absolute Gasteiger partial charge is 0.227 e. The Labute approximate surface area is 153 Å². The molecule has 26 heavy (non-hydrogen) atoms. The van der Waals surface area contributed by atoms with Gasteiger partial charge in [0.25, 0.3) is 0 Å². The molecule has 0 unspecified atom stereocenters. The number of hydrogen-bond donors (Lipinski definition) is 0. The summed E-state index contributed by atoms with van der Waals surface area (Å²) in [6, 6.07) is 14.2. The van der Waals surface area contributed by atoms with Crippen LogP contribution in [0.5, 0.6) is 0 Å². The number of amides is 1. The number of carbonyl (C=O) groups excluding carboxylic acids is 1. The first-order chi connectivity index (χ1) is 12.6. The second kappa shape index (κ2) is 6.34. The molecule has 1 aromatic heterocycles. The Bertz CT molecular complexity index is 1040. The fraction of sp³-hybridized carbons (Fsp3) is 0.273. The van der Waals surface area contributed by atoms with Crippen molar-refractivity contribution < 1.29 is 4.79 Å². The van der Waals surface area contributed by atoms with E-state index in [-0.39, 0.29) is 11.8 Å². The van der Waals surface area contributed by atoms with Crippen LogP contribution in [0, 0.1) is 26.2 Å². The van der Waals surface area contributed by atoms with E-state index < -0.39 is 0 Å². The van der Waals surface area contributed by atoms with Crippen LogP contribution in [0.4, 0.5) is 5.69 Å². The highest BCUT2D eigenvalue weighted by molar-refractivity contribution is 5.97. The minimum atomic E-state index is 0.0446. The van der Waals surface area contributed by atoms with Crippen molar-refractivity contribution >= 4 is 22.6 Å². The molecule has 2 aromatic carbocycles. The molecule has 1 aliphatic rings. The quantitative estimate of drug-likeness (QED) is 0.678. The number of imidazole rings is 1. The van der Waals surface area contributed by atoms with Crippen molar-refractivity contribution in [1.29, 1.82) is 0 Å². The number of aromatic nitrogens is 2. The number of terminal acetylenes is 1. The van der Waals surface area contributed by atoms with Crippen LogP contribution >= 0.6 is 0 Å². The molecule has 1 atom stereocenters. The Hall–Kier alpha value is -3.06. The van der Waals surface area contributed by atoms with Gasteiger partial charge in [0.2, 0.25) is 5.91 Å². The van der Waals surface area contributed by atoms with E-state index in [0.717, 1.165) is 33.7 Å². The third kappa shape index (κ3) is 2.66. The number of rotatable bonds is 3. The summed E-state index contributed by atoms with van der Waals surface area (Å²) in [4.78, 5) is 19.5. The van der Waals surface area contributed by atoms with Crippen molar-refractivity contribution in [2.24, 2.45) is 0 Å². The number of carbonyl (C=O) groups is 1. The van der Waals surface area contributed by atoms with Gasteiger partial charge in [-0.05, 0) is 43.2 Å². The molecule has 0 radical (unpaired) electrons. The summed E-state index contributed by atoms with van der Waals surface area (Å²) < 4.78 is 2.07. The Morgan fingerprint density at radius 2 is 2.04 bits per heavy atom. The summed E-state index contributed by atoms with van der Waals surface area (Å²) in [5, 5.41) is 0. The topological polar surface area (TPSA) is 38.1 Å². The normalized spacial score (nSPS) is 17.0. The van der Waals surface area contributed by atoms with Gasteiger partial charge in [0.05, 0.1) is 17.6 Å². The first-order valence-electron chi connectivity index (χ1n) is 8.84. The molecule has 3 aromatic rings. The molecule has 4 nitrogen and oxygen atoms in total. The predicted octanol–water partition coefficient (Wildman–Crippen LogP) is 3.81. The van der Waals surface area contributed by atoms with Crippen molar-refractivity contribution in [2.75, 3.05) is 11.4 Å². The van der Waals surface area contributed by atoms with Gasteiger partial charge in [0, 0.05) is 24.6 Å². The third-order valence-corrected chi connectivity index (χ3v) is 5.08. The fourth-order valence-electron chi connectivity index (χ4n) is 3.79. The average Bonchev–Trinajstić information content (AvgIpc) is 3.18. The monoisotopic (exact) mass is 343 g/mol. The molecule has 1 aliphatic heterocycles. The van der Waals surface area contributed by atoms with Gasteiger partial charge in [-0.15, -0.1) is 6.42 Å². The van der Waals surface area contributed by atoms with Crippen LogP contribution < -0.4 is 4.90 Å². The van der Waals surface area contributed by atoms with Crippen LogP contribution in [0.15, 0.2) is 42.5 Å². The molecule has 0 N–H and O–H groups in total. The molecular weight excluding hydrogens is 322 g/mol. The molecule has 1 fully saturated rings. The van der Waals surface area contributed by atoms with Gasteiger partial charge in [0.15, 0.2) is 0 Å². The second-order valence-electron chi connectivity index (χ2n) is 6.94. The van der Waals surface area contributed by atoms with Crippen molar-refractivity contribution in [3.63, 3.8) is 0 Å². The SMILES string of the molecule is C#CCn1c([C@H]2CC(=O)N(c3cc(C)ccc3C)C2)nc2ccccc21. The van der Waals surface area contributed by atoms with Gasteiger partial charge >= 0.3 is 0 Å². The highest BCUT2D eigenvalue weighted by atomic mass is 16.2. The standard InChI is InChI=1S/C22H21N3O/c1-4-11-24-19-8-6-5-7-18(19)23-22(24)17-13-21(26)25(14-17)20-12-15(2)9-10-16(20)3/h1,5-10,12,17H,11,13-14H2,2-3H3/t17-/m0/s1. The van der Waals surface area contributed by atoms with Crippen molar-refractivity contribution in [3.8, 4) is 12.3 Å². The van der Waals surface area contributed by atoms with Crippen LogP contribution in [0.25, 0.3) is 11.0 Å². The van der Waals surface area contributed by atoms with Gasteiger partial charge in [-0.1, -0.05) is 30.2 Å². The zero-order chi connectivity index (χ0) is 18.3. The Morgan fingerprint density at radius 1 is 1.23 bits per heavy atom. The average molecular weight is 343 g/mol. The molecule has 0 spiro atoms. The van der Waals surface area contributed by atoms with Crippen molar-refractivity contribution in [1.82, 2.24) is 9.55 Å². The molecule has 4 rings (SSSR count). The van der Waals surface area contributed by atoms with Crippen molar-refractivity contribution in [3.05, 3.63) is 59.4 Å². The van der Waals surface area contributed by atoms with E-state index in [2.05, 4.69) is 28.7 Å². The Kier molecular flexibility index (Phi) is 4.00. The molecule has 2 heterocycles. The molecule has 0 aliphatic carbocycles. The minimum absolute atomic E-state index is 0.0446. The van der Waals surface area contributed by atoms with Crippen molar-refractivity contribution in [2.45, 2.75) is 32.7 Å². The van der Waals surface area contributed by atoms with E-state index in [0.29, 0.717) is 19.5 Å². The lowest BCUT2D eigenvalue weighted by Crippen LogP contribution is -2.25. The fourth-order valence-corrected chi connectivity index (χ4v) is 3.79. The number of benzene rings is 2. The highest BCUT2D eigenvalue weighted by Gasteiger charge is 2.35. The highest BCUT2D eigenvalue weighted by Crippen LogP contribution is 2.34. The largest absolute Gasteiger partial charge is 0.316 e. The van der Waals surface area contributed by atoms with Gasteiger partial charge < -0.3 is 9.47 Å². The summed E-state index contributed by atoms with van der Waals surface area (Å²) in [5.41, 5.74) is 5.22. The number of nitrogens with zero attached hydrogens (tertiary/aromatic N) is 3. The van der Waals surface area contributed by atoms with E-state index in [1.807, 2.05) is 43.0 Å². The van der Waals surface area contributed by atoms with Crippen LogP contribution in [-0.4, -0.2) is 22.0 Å². The van der Waals surface area contributed by atoms with Gasteiger partial charge in [-0.3, -0.25) is 4.79 Å². The molecule has 130 valence electrons. The molecule has 1 amide bonds. The van der Waals surface area contributed by atoms with Gasteiger partial charge in [-0.2, -0.15) is 0 Å². The zero-order valence-corrected chi connectivity index (χ0v) is 15.1. The van der Waals surface area contributed by atoms with E-state index in [9.17, 15) is 4.79 Å². The Balaban J connectivity index is 1.73. The molecule has 0 bridgehead atoms. The first kappa shape index (κ1) is 16.4. The summed E-state index contributed by atoms with van der Waals surface area (Å²) >= 11 is 0. The molecule has 1 saturated heterocycles. The number of fused-ring (bicyclic) bond motifs is 1. The van der Waals surface area contributed by atoms with Gasteiger partial charge in [0.1, 0.15) is 5.82 Å². The first-order valence-corrected chi connectivity index (χ1v) is 8.84. The minimum Gasteiger partial charge on any atom is -0.316 e. The summed E-state index contributed by atoms with van der Waals surface area (Å²) in [5.74, 6) is 3.82. The number of aryl methyl sites for hydroxylation is 2. The number of anilines is 1. The van der Waals surface area contributed by atoms with Crippen LogP contribution in [-0.2, 0) is 11.3 Å². The third-order valence-electron chi connectivity index (χ3n) is 5.08.